The van der Waals surface area contributed by atoms with E-state index < -0.39 is 0 Å². The lowest BCUT2D eigenvalue weighted by Gasteiger charge is -2.22. The third-order valence-electron chi connectivity index (χ3n) is 2.55. The molecule has 0 spiro atoms. The highest BCUT2D eigenvalue weighted by molar-refractivity contribution is 5.46. The second-order valence-corrected chi connectivity index (χ2v) is 5.92. The van der Waals surface area contributed by atoms with Crippen molar-refractivity contribution in [3.63, 3.8) is 0 Å². The number of likely N-dealkylation sites (N-methyl/N-ethyl adjacent to an activating group) is 1. The highest BCUT2D eigenvalue weighted by Gasteiger charge is 2.09. The first-order valence-electron chi connectivity index (χ1n) is 6.33. The molecule has 1 heterocycles. The van der Waals surface area contributed by atoms with E-state index in [9.17, 15) is 0 Å². The van der Waals surface area contributed by atoms with Crippen LogP contribution in [0.1, 0.15) is 33.4 Å². The molecule has 0 saturated heterocycles. The van der Waals surface area contributed by atoms with Crippen molar-refractivity contribution in [2.75, 3.05) is 18.5 Å². The summed E-state index contributed by atoms with van der Waals surface area (Å²) in [4.78, 5) is 6.58. The third kappa shape index (κ3) is 5.32. The number of pyridine rings is 1. The molecule has 3 nitrogen and oxygen atoms in total. The molecule has 18 heavy (non-hydrogen) atoms. The van der Waals surface area contributed by atoms with Crippen LogP contribution in [0.15, 0.2) is 30.5 Å². The number of hydrogen-bond donors (Lipinski definition) is 1. The number of hydrogen-bond acceptors (Lipinski definition) is 3. The van der Waals surface area contributed by atoms with Crippen molar-refractivity contribution in [1.82, 2.24) is 10.3 Å². The van der Waals surface area contributed by atoms with Gasteiger partial charge in [0.15, 0.2) is 0 Å². The third-order valence-corrected chi connectivity index (χ3v) is 2.55. The van der Waals surface area contributed by atoms with Gasteiger partial charge in [-0.3, -0.25) is 4.98 Å². The summed E-state index contributed by atoms with van der Waals surface area (Å²) in [7, 11) is 2.07. The van der Waals surface area contributed by atoms with Gasteiger partial charge in [0.25, 0.3) is 0 Å². The predicted octanol–water partition coefficient (Wildman–Crippen LogP) is 2.98. The van der Waals surface area contributed by atoms with Crippen molar-refractivity contribution in [1.29, 1.82) is 0 Å². The Morgan fingerprint density at radius 1 is 1.44 bits per heavy atom. The molecule has 0 bridgehead atoms. The SMILES string of the molecule is C=C(C)CN(C)c1ccnc(CNC(C)(C)C)c1. The summed E-state index contributed by atoms with van der Waals surface area (Å²) in [5, 5.41) is 3.45. The standard InChI is InChI=1S/C15H25N3/c1-12(2)11-18(6)14-7-8-16-13(9-14)10-17-15(3,4)5/h7-9,17H,1,10-11H2,2-6H3. The summed E-state index contributed by atoms with van der Waals surface area (Å²) in [6, 6.07) is 4.16. The normalized spacial score (nSPS) is 11.4. The zero-order valence-electron chi connectivity index (χ0n) is 12.2. The van der Waals surface area contributed by atoms with Gasteiger partial charge in [0, 0.05) is 37.6 Å². The van der Waals surface area contributed by atoms with E-state index >= 15 is 0 Å². The quantitative estimate of drug-likeness (QED) is 0.811. The van der Waals surface area contributed by atoms with Crippen LogP contribution in [0.25, 0.3) is 0 Å². The molecule has 100 valence electrons. The van der Waals surface area contributed by atoms with Crippen LogP contribution >= 0.6 is 0 Å². The highest BCUT2D eigenvalue weighted by atomic mass is 15.1. The Hall–Kier alpha value is -1.35. The first kappa shape index (κ1) is 14.7. The molecule has 0 amide bonds. The van der Waals surface area contributed by atoms with E-state index in [1.54, 1.807) is 0 Å². The fourth-order valence-electron chi connectivity index (χ4n) is 1.65. The van der Waals surface area contributed by atoms with Crippen LogP contribution in [-0.4, -0.2) is 24.1 Å². The molecular weight excluding hydrogens is 222 g/mol. The van der Waals surface area contributed by atoms with Crippen molar-refractivity contribution in [2.45, 2.75) is 39.8 Å². The van der Waals surface area contributed by atoms with Gasteiger partial charge in [-0.05, 0) is 39.8 Å². The molecular formula is C15H25N3. The zero-order valence-corrected chi connectivity index (χ0v) is 12.2. The summed E-state index contributed by atoms with van der Waals surface area (Å²) >= 11 is 0. The molecule has 0 aliphatic heterocycles. The van der Waals surface area contributed by atoms with Crippen LogP contribution in [0, 0.1) is 0 Å². The highest BCUT2D eigenvalue weighted by Crippen LogP contribution is 2.14. The molecule has 0 unspecified atom stereocenters. The van der Waals surface area contributed by atoms with E-state index in [1.807, 2.05) is 19.2 Å². The number of rotatable bonds is 5. The Morgan fingerprint density at radius 2 is 2.11 bits per heavy atom. The lowest BCUT2D eigenvalue weighted by atomic mass is 10.1. The number of aromatic nitrogens is 1. The Balaban J connectivity index is 2.70. The van der Waals surface area contributed by atoms with E-state index in [2.05, 4.69) is 55.7 Å². The van der Waals surface area contributed by atoms with Gasteiger partial charge in [0.1, 0.15) is 0 Å². The maximum Gasteiger partial charge on any atom is 0.0562 e. The van der Waals surface area contributed by atoms with Crippen LogP contribution in [0.4, 0.5) is 5.69 Å². The van der Waals surface area contributed by atoms with E-state index in [-0.39, 0.29) is 5.54 Å². The number of nitrogens with zero attached hydrogens (tertiary/aromatic N) is 2. The molecule has 1 N–H and O–H groups in total. The fraction of sp³-hybridized carbons (Fsp3) is 0.533. The molecule has 0 radical (unpaired) electrons. The van der Waals surface area contributed by atoms with E-state index in [0.29, 0.717) is 0 Å². The van der Waals surface area contributed by atoms with Gasteiger partial charge < -0.3 is 10.2 Å². The van der Waals surface area contributed by atoms with Gasteiger partial charge in [-0.1, -0.05) is 12.2 Å². The Labute approximate surface area is 111 Å². The first-order chi connectivity index (χ1) is 8.28. The second-order valence-electron chi connectivity index (χ2n) is 5.92. The lowest BCUT2D eigenvalue weighted by molar-refractivity contribution is 0.421. The number of nitrogens with one attached hydrogen (secondary N) is 1. The van der Waals surface area contributed by atoms with Crippen molar-refractivity contribution in [3.8, 4) is 0 Å². The van der Waals surface area contributed by atoms with Gasteiger partial charge in [0.2, 0.25) is 0 Å². The topological polar surface area (TPSA) is 28.2 Å². The maximum absolute atomic E-state index is 4.39. The first-order valence-corrected chi connectivity index (χ1v) is 6.33. The van der Waals surface area contributed by atoms with Gasteiger partial charge in [-0.25, -0.2) is 0 Å². The Bertz CT molecular complexity index is 404. The molecule has 1 aromatic heterocycles. The summed E-state index contributed by atoms with van der Waals surface area (Å²) in [5.41, 5.74) is 3.51. The molecule has 3 heteroatoms. The largest absolute Gasteiger partial charge is 0.371 e. The van der Waals surface area contributed by atoms with Crippen LogP contribution in [0.2, 0.25) is 0 Å². The molecule has 1 rings (SSSR count). The number of anilines is 1. The van der Waals surface area contributed by atoms with Crippen LogP contribution < -0.4 is 10.2 Å². The second kappa shape index (κ2) is 6.01. The molecule has 1 aromatic rings. The molecule has 0 atom stereocenters. The molecule has 0 saturated carbocycles. The molecule has 0 aliphatic carbocycles. The predicted molar refractivity (Wildman–Crippen MR) is 78.9 cm³/mol. The average molecular weight is 247 g/mol. The zero-order chi connectivity index (χ0) is 13.8. The van der Waals surface area contributed by atoms with Gasteiger partial charge in [-0.2, -0.15) is 0 Å². The van der Waals surface area contributed by atoms with Crippen LogP contribution in [0.5, 0.6) is 0 Å². The van der Waals surface area contributed by atoms with E-state index in [4.69, 9.17) is 0 Å². The molecule has 0 fully saturated rings. The van der Waals surface area contributed by atoms with Gasteiger partial charge >= 0.3 is 0 Å². The van der Waals surface area contributed by atoms with Gasteiger partial charge in [-0.15, -0.1) is 0 Å². The van der Waals surface area contributed by atoms with Crippen LogP contribution in [0.3, 0.4) is 0 Å². The summed E-state index contributed by atoms with van der Waals surface area (Å²) in [6.45, 7) is 14.1. The summed E-state index contributed by atoms with van der Waals surface area (Å²) in [6.07, 6.45) is 1.87. The summed E-state index contributed by atoms with van der Waals surface area (Å²) < 4.78 is 0. The van der Waals surface area contributed by atoms with Crippen molar-refractivity contribution in [3.05, 3.63) is 36.2 Å². The maximum atomic E-state index is 4.39. The minimum atomic E-state index is 0.112. The Kier molecular flexibility index (Phi) is 4.91. The van der Waals surface area contributed by atoms with Crippen molar-refractivity contribution in [2.24, 2.45) is 0 Å². The van der Waals surface area contributed by atoms with Gasteiger partial charge in [0.05, 0.1) is 5.69 Å². The van der Waals surface area contributed by atoms with Crippen molar-refractivity contribution < 1.29 is 0 Å². The minimum absolute atomic E-state index is 0.112. The average Bonchev–Trinajstić information content (AvgIpc) is 2.25. The fourth-order valence-corrected chi connectivity index (χ4v) is 1.65. The monoisotopic (exact) mass is 247 g/mol. The van der Waals surface area contributed by atoms with E-state index in [0.717, 1.165) is 24.4 Å². The molecule has 0 aromatic carbocycles. The van der Waals surface area contributed by atoms with Crippen molar-refractivity contribution >= 4 is 5.69 Å². The van der Waals surface area contributed by atoms with Crippen LogP contribution in [-0.2, 0) is 6.54 Å². The lowest BCUT2D eigenvalue weighted by Crippen LogP contribution is -2.35. The minimum Gasteiger partial charge on any atom is -0.371 e. The molecule has 0 aliphatic rings. The summed E-state index contributed by atoms with van der Waals surface area (Å²) in [5.74, 6) is 0. The smallest absolute Gasteiger partial charge is 0.0562 e. The van der Waals surface area contributed by atoms with E-state index in [1.165, 1.54) is 5.69 Å². The Morgan fingerprint density at radius 3 is 2.67 bits per heavy atom.